The van der Waals surface area contributed by atoms with E-state index in [1.54, 1.807) is 13.1 Å². The van der Waals surface area contributed by atoms with Crippen LogP contribution >= 0.6 is 0 Å². The van der Waals surface area contributed by atoms with Crippen LogP contribution in [0.4, 0.5) is 0 Å². The maximum Gasteiger partial charge on any atom is 0.277 e. The number of H-pyrrole nitrogens is 1. The molecule has 0 atom stereocenters. The summed E-state index contributed by atoms with van der Waals surface area (Å²) in [5.74, 6) is 0.641. The fourth-order valence-corrected chi connectivity index (χ4v) is 5.92. The minimum absolute atomic E-state index is 0.0374. The summed E-state index contributed by atoms with van der Waals surface area (Å²) in [5, 5.41) is 17.2. The number of nitrogens with zero attached hydrogens (tertiary/aromatic N) is 5. The Balaban J connectivity index is 1.75. The SMILES string of the molecule is CCCOc1ccc(S(=O)(=O)N(C)CC[N+]2([O-])CCCC2)cc1-c1nc2c(CCC)nn(C)c2c(=O)[nH]1. The number of aromatic nitrogens is 4. The molecule has 1 saturated heterocycles. The average molecular weight is 533 g/mol. The number of likely N-dealkylation sites (N-methyl/N-ethyl adjacent to an activating group) is 1. The molecule has 37 heavy (non-hydrogen) atoms. The van der Waals surface area contributed by atoms with Crippen LogP contribution in [0.5, 0.6) is 5.75 Å². The molecule has 0 saturated carbocycles. The predicted octanol–water partition coefficient (Wildman–Crippen LogP) is 2.79. The van der Waals surface area contributed by atoms with Crippen LogP contribution in [0, 0.1) is 5.21 Å². The number of hydrogen-bond acceptors (Lipinski definition) is 7. The molecule has 0 bridgehead atoms. The minimum Gasteiger partial charge on any atom is -0.633 e. The Kier molecular flexibility index (Phi) is 8.02. The van der Waals surface area contributed by atoms with Crippen molar-refractivity contribution in [1.82, 2.24) is 24.1 Å². The molecule has 0 amide bonds. The summed E-state index contributed by atoms with van der Waals surface area (Å²) >= 11 is 0. The van der Waals surface area contributed by atoms with Gasteiger partial charge in [-0.1, -0.05) is 20.3 Å². The number of hydroxylamine groups is 3. The number of ether oxygens (including phenoxy) is 1. The van der Waals surface area contributed by atoms with E-state index in [1.807, 2.05) is 13.8 Å². The smallest absolute Gasteiger partial charge is 0.277 e. The van der Waals surface area contributed by atoms with Crippen molar-refractivity contribution in [2.45, 2.75) is 50.8 Å². The molecule has 1 aliphatic heterocycles. The third kappa shape index (κ3) is 5.57. The molecule has 1 N–H and O–H groups in total. The molecular formula is C25H36N6O5S. The summed E-state index contributed by atoms with van der Waals surface area (Å²) < 4.78 is 35.2. The van der Waals surface area contributed by atoms with E-state index >= 15 is 0 Å². The first-order valence-electron chi connectivity index (χ1n) is 12.9. The van der Waals surface area contributed by atoms with E-state index in [0.29, 0.717) is 54.2 Å². The Morgan fingerprint density at radius 2 is 1.95 bits per heavy atom. The summed E-state index contributed by atoms with van der Waals surface area (Å²) in [5.41, 5.74) is 1.58. The summed E-state index contributed by atoms with van der Waals surface area (Å²) in [6.45, 7) is 5.80. The topological polar surface area (TPSA) is 133 Å². The number of fused-ring (bicyclic) bond motifs is 1. The molecule has 12 heteroatoms. The Bertz CT molecular complexity index is 1430. The summed E-state index contributed by atoms with van der Waals surface area (Å²) in [6, 6.07) is 4.56. The van der Waals surface area contributed by atoms with Gasteiger partial charge < -0.3 is 19.6 Å². The number of hydrogen-bond donors (Lipinski definition) is 1. The second kappa shape index (κ2) is 10.9. The van der Waals surface area contributed by atoms with Gasteiger partial charge in [0.1, 0.15) is 17.1 Å². The zero-order valence-corrected chi connectivity index (χ0v) is 22.8. The van der Waals surface area contributed by atoms with Gasteiger partial charge in [-0.15, -0.1) is 0 Å². The van der Waals surface area contributed by atoms with Gasteiger partial charge >= 0.3 is 0 Å². The molecule has 0 spiro atoms. The Hall–Kier alpha value is -2.80. The van der Waals surface area contributed by atoms with Crippen LogP contribution in [-0.2, 0) is 23.5 Å². The van der Waals surface area contributed by atoms with Crippen LogP contribution < -0.4 is 10.3 Å². The number of sulfonamides is 1. The highest BCUT2D eigenvalue weighted by Gasteiger charge is 2.28. The van der Waals surface area contributed by atoms with Crippen molar-refractivity contribution in [3.63, 3.8) is 0 Å². The number of quaternary nitrogens is 1. The molecule has 2 aromatic heterocycles. The lowest BCUT2D eigenvalue weighted by atomic mass is 10.1. The summed E-state index contributed by atoms with van der Waals surface area (Å²) in [7, 11) is -0.713. The highest BCUT2D eigenvalue weighted by Crippen LogP contribution is 2.32. The van der Waals surface area contributed by atoms with Gasteiger partial charge in [-0.05, 0) is 31.0 Å². The molecule has 3 aromatic rings. The van der Waals surface area contributed by atoms with Gasteiger partial charge in [-0.3, -0.25) is 9.48 Å². The molecule has 3 heterocycles. The first kappa shape index (κ1) is 27.2. The van der Waals surface area contributed by atoms with Crippen LogP contribution in [0.25, 0.3) is 22.4 Å². The highest BCUT2D eigenvalue weighted by atomic mass is 32.2. The Morgan fingerprint density at radius 3 is 2.62 bits per heavy atom. The van der Waals surface area contributed by atoms with Crippen LogP contribution in [-0.4, -0.2) is 77.0 Å². The summed E-state index contributed by atoms with van der Waals surface area (Å²) in [4.78, 5) is 20.6. The Labute approximate surface area is 217 Å². The van der Waals surface area contributed by atoms with Crippen molar-refractivity contribution >= 4 is 21.1 Å². The van der Waals surface area contributed by atoms with E-state index in [0.717, 1.165) is 25.7 Å². The number of benzene rings is 1. The van der Waals surface area contributed by atoms with Gasteiger partial charge in [0, 0.05) is 26.9 Å². The highest BCUT2D eigenvalue weighted by molar-refractivity contribution is 7.89. The van der Waals surface area contributed by atoms with E-state index in [9.17, 15) is 18.4 Å². The largest absolute Gasteiger partial charge is 0.633 e. The van der Waals surface area contributed by atoms with Crippen molar-refractivity contribution in [1.29, 1.82) is 0 Å². The second-order valence-electron chi connectivity index (χ2n) is 9.70. The van der Waals surface area contributed by atoms with E-state index < -0.39 is 10.0 Å². The average Bonchev–Trinajstić information content (AvgIpc) is 3.44. The van der Waals surface area contributed by atoms with Crippen LogP contribution in [0.1, 0.15) is 45.2 Å². The van der Waals surface area contributed by atoms with E-state index in [1.165, 1.54) is 28.2 Å². The zero-order valence-electron chi connectivity index (χ0n) is 22.0. The van der Waals surface area contributed by atoms with Gasteiger partial charge in [0.05, 0.1) is 48.9 Å². The molecule has 1 fully saturated rings. The van der Waals surface area contributed by atoms with Crippen LogP contribution in [0.15, 0.2) is 27.9 Å². The maximum absolute atomic E-state index is 13.4. The number of rotatable bonds is 11. The lowest BCUT2D eigenvalue weighted by Crippen LogP contribution is -2.45. The number of nitrogens with one attached hydrogen (secondary N) is 1. The number of aromatic amines is 1. The molecule has 1 aromatic carbocycles. The number of likely N-dealkylation sites (tertiary alicyclic amines) is 1. The maximum atomic E-state index is 13.4. The first-order valence-corrected chi connectivity index (χ1v) is 14.3. The standard InChI is InChI=1S/C25H36N6O5S/c1-5-9-20-22-23(30(4)28-20)25(32)27-24(26-22)19-17-18(10-11-21(19)36-16-6-2)37(34,35)29(3)12-15-31(33)13-7-8-14-31/h10-11,17H,5-9,12-16H2,1-4H3,(H,26,27,32). The van der Waals surface area contributed by atoms with Gasteiger partial charge in [-0.2, -0.15) is 9.40 Å². The second-order valence-corrected chi connectivity index (χ2v) is 11.7. The third-order valence-electron chi connectivity index (χ3n) is 6.83. The molecule has 0 radical (unpaired) electrons. The first-order chi connectivity index (χ1) is 17.6. The molecule has 202 valence electrons. The molecule has 4 rings (SSSR count). The third-order valence-corrected chi connectivity index (χ3v) is 8.68. The molecule has 0 aliphatic carbocycles. The predicted molar refractivity (Wildman–Crippen MR) is 142 cm³/mol. The quantitative estimate of drug-likeness (QED) is 0.296. The van der Waals surface area contributed by atoms with Gasteiger partial charge in [-0.25, -0.2) is 13.4 Å². The monoisotopic (exact) mass is 532 g/mol. The lowest BCUT2D eigenvalue weighted by Gasteiger charge is -2.39. The van der Waals surface area contributed by atoms with Crippen molar-refractivity contribution in [3.8, 4) is 17.1 Å². The van der Waals surface area contributed by atoms with Gasteiger partial charge in [0.2, 0.25) is 10.0 Å². The molecular weight excluding hydrogens is 496 g/mol. The number of aryl methyl sites for hydroxylation is 2. The Morgan fingerprint density at radius 1 is 1.22 bits per heavy atom. The van der Waals surface area contributed by atoms with Gasteiger partial charge in [0.15, 0.2) is 5.52 Å². The normalized spacial score (nSPS) is 15.6. The van der Waals surface area contributed by atoms with Crippen LogP contribution in [0.2, 0.25) is 0 Å². The summed E-state index contributed by atoms with van der Waals surface area (Å²) in [6.07, 6.45) is 3.99. The lowest BCUT2D eigenvalue weighted by molar-refractivity contribution is -0.867. The minimum atomic E-state index is -3.90. The fraction of sp³-hybridized carbons (Fsp3) is 0.560. The molecule has 0 unspecified atom stereocenters. The van der Waals surface area contributed by atoms with Crippen molar-refractivity contribution in [3.05, 3.63) is 39.5 Å². The van der Waals surface area contributed by atoms with Crippen LogP contribution in [0.3, 0.4) is 0 Å². The van der Waals surface area contributed by atoms with Gasteiger partial charge in [0.25, 0.3) is 5.56 Å². The van der Waals surface area contributed by atoms with Crippen molar-refractivity contribution < 1.29 is 17.8 Å². The zero-order chi connectivity index (χ0) is 26.8. The molecule has 1 aliphatic rings. The molecule has 11 nitrogen and oxygen atoms in total. The van der Waals surface area contributed by atoms with Crippen molar-refractivity contribution in [2.24, 2.45) is 7.05 Å². The van der Waals surface area contributed by atoms with E-state index in [2.05, 4.69) is 10.1 Å². The fourth-order valence-electron chi connectivity index (χ4n) is 4.73. The van der Waals surface area contributed by atoms with Crippen molar-refractivity contribution in [2.75, 3.05) is 39.8 Å². The van der Waals surface area contributed by atoms with E-state index in [-0.39, 0.29) is 34.0 Å². The van der Waals surface area contributed by atoms with E-state index in [4.69, 9.17) is 9.72 Å².